The summed E-state index contributed by atoms with van der Waals surface area (Å²) in [5.41, 5.74) is 2.48. The van der Waals surface area contributed by atoms with E-state index in [1.807, 2.05) is 36.4 Å². The zero-order chi connectivity index (χ0) is 22.8. The number of anilines is 1. The van der Waals surface area contributed by atoms with Crippen molar-refractivity contribution in [2.45, 2.75) is 12.0 Å². The largest absolute Gasteiger partial charge is 0.497 e. The van der Waals surface area contributed by atoms with Gasteiger partial charge in [0, 0.05) is 17.6 Å². The predicted octanol–water partition coefficient (Wildman–Crippen LogP) is 4.91. The van der Waals surface area contributed by atoms with Crippen molar-refractivity contribution in [3.05, 3.63) is 88.4 Å². The molecule has 2 amide bonds. The number of fused-ring (bicyclic) bond motifs is 1. The molecule has 6 nitrogen and oxygen atoms in total. The van der Waals surface area contributed by atoms with E-state index in [0.29, 0.717) is 33.3 Å². The number of hydrogen-bond acceptors (Lipinski definition) is 4. The number of hydrogen-bond donors (Lipinski definition) is 1. The van der Waals surface area contributed by atoms with E-state index in [-0.39, 0.29) is 11.8 Å². The van der Waals surface area contributed by atoms with Crippen molar-refractivity contribution >= 4 is 29.1 Å². The standard InChI is InChI=1S/C25H23ClN2O4/c1-28-23(15-8-11-17(31-2)12-9-15)22(18-6-4-5-7-19(18)25(28)30)24(29)27-20-14-16(26)10-13-21(20)32-3/h4-14,22-23H,1-3H3,(H,27,29)/t22-,23-/m1/s1. The van der Waals surface area contributed by atoms with E-state index in [0.717, 1.165) is 5.56 Å². The van der Waals surface area contributed by atoms with Gasteiger partial charge in [0.1, 0.15) is 11.5 Å². The molecule has 1 aliphatic rings. The molecule has 1 heterocycles. The second-order valence-corrected chi connectivity index (χ2v) is 7.97. The van der Waals surface area contributed by atoms with Crippen molar-refractivity contribution < 1.29 is 19.1 Å². The summed E-state index contributed by atoms with van der Waals surface area (Å²) in [7, 11) is 4.84. The molecule has 4 rings (SSSR count). The van der Waals surface area contributed by atoms with Gasteiger partial charge in [0.05, 0.1) is 31.9 Å². The van der Waals surface area contributed by atoms with Gasteiger partial charge in [-0.15, -0.1) is 0 Å². The zero-order valence-corrected chi connectivity index (χ0v) is 18.7. The summed E-state index contributed by atoms with van der Waals surface area (Å²) in [5.74, 6) is 0.149. The van der Waals surface area contributed by atoms with Crippen LogP contribution in [0.25, 0.3) is 0 Å². The Hall–Kier alpha value is -3.51. The molecule has 0 aliphatic carbocycles. The maximum Gasteiger partial charge on any atom is 0.254 e. The van der Waals surface area contributed by atoms with Gasteiger partial charge in [0.25, 0.3) is 5.91 Å². The third-order valence-electron chi connectivity index (χ3n) is 5.74. The van der Waals surface area contributed by atoms with Crippen molar-refractivity contribution in [3.8, 4) is 11.5 Å². The minimum absolute atomic E-state index is 0.134. The van der Waals surface area contributed by atoms with Gasteiger partial charge in [-0.1, -0.05) is 41.9 Å². The average Bonchev–Trinajstić information content (AvgIpc) is 2.81. The third kappa shape index (κ3) is 3.89. The molecule has 7 heteroatoms. The smallest absolute Gasteiger partial charge is 0.254 e. The fourth-order valence-corrected chi connectivity index (χ4v) is 4.34. The van der Waals surface area contributed by atoms with Gasteiger partial charge in [-0.3, -0.25) is 9.59 Å². The minimum Gasteiger partial charge on any atom is -0.497 e. The summed E-state index contributed by atoms with van der Waals surface area (Å²) < 4.78 is 10.6. The van der Waals surface area contributed by atoms with Crippen molar-refractivity contribution in [2.24, 2.45) is 0 Å². The van der Waals surface area contributed by atoms with Gasteiger partial charge < -0.3 is 19.7 Å². The Bertz CT molecular complexity index is 1160. The number of benzene rings is 3. The van der Waals surface area contributed by atoms with E-state index in [1.54, 1.807) is 49.4 Å². The highest BCUT2D eigenvalue weighted by molar-refractivity contribution is 6.31. The first kappa shape index (κ1) is 21.7. The third-order valence-corrected chi connectivity index (χ3v) is 5.97. The molecule has 0 unspecified atom stereocenters. The summed E-state index contributed by atoms with van der Waals surface area (Å²) >= 11 is 6.15. The van der Waals surface area contributed by atoms with E-state index < -0.39 is 12.0 Å². The van der Waals surface area contributed by atoms with E-state index in [2.05, 4.69) is 5.32 Å². The van der Waals surface area contributed by atoms with Crippen LogP contribution in [-0.2, 0) is 4.79 Å². The molecule has 3 aromatic carbocycles. The normalized spacial score (nSPS) is 17.5. The highest BCUT2D eigenvalue weighted by atomic mass is 35.5. The number of nitrogens with zero attached hydrogens (tertiary/aromatic N) is 1. The Kier molecular flexibility index (Phi) is 6.06. The number of halogens is 1. The van der Waals surface area contributed by atoms with E-state index in [9.17, 15) is 9.59 Å². The second kappa shape index (κ2) is 8.93. The molecule has 0 bridgehead atoms. The van der Waals surface area contributed by atoms with Gasteiger partial charge in [0.15, 0.2) is 0 Å². The number of nitrogens with one attached hydrogen (secondary N) is 1. The van der Waals surface area contributed by atoms with Crippen LogP contribution in [0, 0.1) is 0 Å². The minimum atomic E-state index is -0.647. The lowest BCUT2D eigenvalue weighted by molar-refractivity contribution is -0.119. The topological polar surface area (TPSA) is 67.9 Å². The number of rotatable bonds is 5. The molecule has 0 saturated heterocycles. The summed E-state index contributed by atoms with van der Waals surface area (Å²) in [4.78, 5) is 28.4. The molecule has 0 fully saturated rings. The average molecular weight is 451 g/mol. The zero-order valence-electron chi connectivity index (χ0n) is 18.0. The van der Waals surface area contributed by atoms with Gasteiger partial charge in [-0.05, 0) is 47.5 Å². The predicted molar refractivity (Wildman–Crippen MR) is 124 cm³/mol. The summed E-state index contributed by atoms with van der Waals surface area (Å²) in [6, 6.07) is 19.1. The van der Waals surface area contributed by atoms with Crippen LogP contribution in [0.15, 0.2) is 66.7 Å². The van der Waals surface area contributed by atoms with Crippen LogP contribution >= 0.6 is 11.6 Å². The molecule has 0 saturated carbocycles. The molecule has 0 spiro atoms. The number of likely N-dealkylation sites (N-methyl/N-ethyl adjacent to an activating group) is 1. The van der Waals surface area contributed by atoms with Crippen LogP contribution in [0.2, 0.25) is 5.02 Å². The first-order valence-electron chi connectivity index (χ1n) is 10.1. The molecule has 164 valence electrons. The Morgan fingerprint density at radius 2 is 1.72 bits per heavy atom. The fourth-order valence-electron chi connectivity index (χ4n) is 4.16. The summed E-state index contributed by atoms with van der Waals surface area (Å²) in [5, 5.41) is 3.44. The Balaban J connectivity index is 1.80. The second-order valence-electron chi connectivity index (χ2n) is 7.53. The number of methoxy groups -OCH3 is 2. The molecule has 0 aromatic heterocycles. The Morgan fingerprint density at radius 3 is 2.41 bits per heavy atom. The monoisotopic (exact) mass is 450 g/mol. The van der Waals surface area contributed by atoms with Crippen LogP contribution in [0.1, 0.15) is 33.4 Å². The molecular weight excluding hydrogens is 428 g/mol. The molecule has 2 atom stereocenters. The lowest BCUT2D eigenvalue weighted by atomic mass is 9.79. The molecule has 1 N–H and O–H groups in total. The lowest BCUT2D eigenvalue weighted by Gasteiger charge is -2.39. The SMILES string of the molecule is COc1ccc([C@@H]2[C@H](C(=O)Nc3cc(Cl)ccc3OC)c3ccccc3C(=O)N2C)cc1. The molecular formula is C25H23ClN2O4. The number of carbonyl (C=O) groups excluding carboxylic acids is 2. The first-order valence-corrected chi connectivity index (χ1v) is 10.5. The molecule has 3 aromatic rings. The summed E-state index contributed by atoms with van der Waals surface area (Å²) in [6.45, 7) is 0. The first-order chi connectivity index (χ1) is 15.4. The van der Waals surface area contributed by atoms with E-state index in [1.165, 1.54) is 7.11 Å². The van der Waals surface area contributed by atoms with Crippen molar-refractivity contribution in [3.63, 3.8) is 0 Å². The Morgan fingerprint density at radius 1 is 1.00 bits per heavy atom. The van der Waals surface area contributed by atoms with Crippen molar-refractivity contribution in [1.82, 2.24) is 4.90 Å². The number of amides is 2. The van der Waals surface area contributed by atoms with Gasteiger partial charge in [-0.25, -0.2) is 0 Å². The maximum absolute atomic E-state index is 13.7. The van der Waals surface area contributed by atoms with Gasteiger partial charge in [0.2, 0.25) is 5.91 Å². The van der Waals surface area contributed by atoms with Crippen molar-refractivity contribution in [1.29, 1.82) is 0 Å². The van der Waals surface area contributed by atoms with Crippen LogP contribution < -0.4 is 14.8 Å². The number of carbonyl (C=O) groups is 2. The lowest BCUT2D eigenvalue weighted by Crippen LogP contribution is -2.44. The Labute approximate surface area is 191 Å². The van der Waals surface area contributed by atoms with Crippen LogP contribution in [-0.4, -0.2) is 38.0 Å². The molecule has 0 radical (unpaired) electrons. The van der Waals surface area contributed by atoms with Crippen molar-refractivity contribution in [2.75, 3.05) is 26.6 Å². The molecule has 32 heavy (non-hydrogen) atoms. The van der Waals surface area contributed by atoms with E-state index >= 15 is 0 Å². The van der Waals surface area contributed by atoms with Crippen LogP contribution in [0.5, 0.6) is 11.5 Å². The quantitative estimate of drug-likeness (QED) is 0.600. The number of ether oxygens (including phenoxy) is 2. The summed E-state index contributed by atoms with van der Waals surface area (Å²) in [6.07, 6.45) is 0. The van der Waals surface area contributed by atoms with Gasteiger partial charge >= 0.3 is 0 Å². The van der Waals surface area contributed by atoms with Crippen LogP contribution in [0.3, 0.4) is 0 Å². The van der Waals surface area contributed by atoms with Gasteiger partial charge in [-0.2, -0.15) is 0 Å². The maximum atomic E-state index is 13.7. The highest BCUT2D eigenvalue weighted by Crippen LogP contribution is 2.43. The fraction of sp³-hybridized carbons (Fsp3) is 0.200. The highest BCUT2D eigenvalue weighted by Gasteiger charge is 2.42. The van der Waals surface area contributed by atoms with Crippen LogP contribution in [0.4, 0.5) is 5.69 Å². The molecule has 1 aliphatic heterocycles. The van der Waals surface area contributed by atoms with E-state index in [4.69, 9.17) is 21.1 Å².